The molecule has 7 heteroatoms. The molecule has 2 aromatic rings. The molecule has 1 heterocycles. The van der Waals surface area contributed by atoms with Gasteiger partial charge in [0.05, 0.1) is 7.11 Å². The summed E-state index contributed by atoms with van der Waals surface area (Å²) in [7, 11) is 0.573. The van der Waals surface area contributed by atoms with Crippen LogP contribution in [0.1, 0.15) is 11.1 Å². The lowest BCUT2D eigenvalue weighted by molar-refractivity contribution is 0.129. The van der Waals surface area contributed by atoms with E-state index in [1.807, 2.05) is 30.3 Å². The number of pyridine rings is 1. The number of nitrogens with zero attached hydrogens (tertiary/aromatic N) is 2. The Morgan fingerprint density at radius 2 is 2.00 bits per heavy atom. The molecule has 0 amide bonds. The Labute approximate surface area is 165 Å². The highest BCUT2D eigenvalue weighted by Crippen LogP contribution is 2.22. The van der Waals surface area contributed by atoms with Crippen LogP contribution in [0.25, 0.3) is 0 Å². The maximum Gasteiger partial charge on any atom is 0.132 e. The van der Waals surface area contributed by atoms with Gasteiger partial charge in [0.1, 0.15) is 18.2 Å². The van der Waals surface area contributed by atoms with Crippen molar-refractivity contribution in [2.24, 2.45) is 5.10 Å². The molecular weight excluding hydrogens is 410 g/mol. The zero-order chi connectivity index (χ0) is 19.0. The third-order valence-electron chi connectivity index (χ3n) is 3.69. The van der Waals surface area contributed by atoms with E-state index in [9.17, 15) is 0 Å². The Bertz CT molecular complexity index is 748. The number of hydrogen-bond donors (Lipinski definition) is 1. The molecule has 0 fully saturated rings. The smallest absolute Gasteiger partial charge is 0.132 e. The number of methoxy groups -OCH3 is 1. The largest absolute Gasteiger partial charge is 0.496 e. The fourth-order valence-corrected chi connectivity index (χ4v) is 3.39. The second kappa shape index (κ2) is 9.85. The predicted octanol–water partition coefficient (Wildman–Crippen LogP) is 4.51. The van der Waals surface area contributed by atoms with Gasteiger partial charge >= 0.3 is 0 Å². The standard InChI is InChI=1S/C19H26BrN3O2Si/c1-24-18-8-6-5-7-17(18)19(15-11-16(20)13-21-12-15)23-22-14-25-9-10-26(2,3)4/h5-8,11-13,22H,9-10,14H2,1-4H3/b23-19+. The first-order chi connectivity index (χ1) is 12.4. The summed E-state index contributed by atoms with van der Waals surface area (Å²) in [4.78, 5) is 4.25. The SMILES string of the molecule is COc1ccccc1/C(=N/NCOCC[Si](C)(C)C)c1cncc(Br)c1. The number of benzene rings is 1. The number of para-hydroxylation sites is 1. The van der Waals surface area contributed by atoms with Crippen LogP contribution < -0.4 is 10.2 Å². The minimum absolute atomic E-state index is 0.366. The third-order valence-corrected chi connectivity index (χ3v) is 5.83. The van der Waals surface area contributed by atoms with Gasteiger partial charge in [0.2, 0.25) is 0 Å². The van der Waals surface area contributed by atoms with Crippen molar-refractivity contribution in [1.82, 2.24) is 10.4 Å². The quantitative estimate of drug-likeness (QED) is 0.207. The van der Waals surface area contributed by atoms with Crippen LogP contribution in [0.5, 0.6) is 5.75 Å². The molecule has 2 rings (SSSR count). The Morgan fingerprint density at radius 3 is 2.69 bits per heavy atom. The van der Waals surface area contributed by atoms with Gasteiger partial charge in [0.25, 0.3) is 0 Å². The normalized spacial score (nSPS) is 12.1. The number of halogens is 1. The van der Waals surface area contributed by atoms with Crippen molar-refractivity contribution in [1.29, 1.82) is 0 Å². The molecular formula is C19H26BrN3O2Si. The average Bonchev–Trinajstić information content (AvgIpc) is 2.60. The molecule has 0 saturated heterocycles. The molecule has 0 spiro atoms. The number of aromatic nitrogens is 1. The minimum atomic E-state index is -1.08. The molecule has 1 aromatic heterocycles. The summed E-state index contributed by atoms with van der Waals surface area (Å²) in [6.45, 7) is 8.12. The fourth-order valence-electron chi connectivity index (χ4n) is 2.27. The molecule has 0 bridgehead atoms. The van der Waals surface area contributed by atoms with Crippen molar-refractivity contribution in [3.05, 3.63) is 58.3 Å². The summed E-state index contributed by atoms with van der Waals surface area (Å²) in [5, 5.41) is 4.56. The lowest BCUT2D eigenvalue weighted by Gasteiger charge is -2.15. The first-order valence-corrected chi connectivity index (χ1v) is 13.0. The first kappa shape index (κ1) is 20.6. The molecule has 0 atom stereocenters. The third kappa shape index (κ3) is 6.55. The molecule has 1 aromatic carbocycles. The van der Waals surface area contributed by atoms with Crippen LogP contribution >= 0.6 is 15.9 Å². The summed E-state index contributed by atoms with van der Waals surface area (Å²) >= 11 is 3.47. The highest BCUT2D eigenvalue weighted by Gasteiger charge is 2.14. The second-order valence-electron chi connectivity index (χ2n) is 7.07. The molecule has 0 aliphatic carbocycles. The van der Waals surface area contributed by atoms with Gasteiger partial charge in [-0.15, -0.1) is 0 Å². The van der Waals surface area contributed by atoms with Crippen LogP contribution in [-0.4, -0.2) is 39.2 Å². The molecule has 0 saturated carbocycles. The van der Waals surface area contributed by atoms with Crippen molar-refractivity contribution < 1.29 is 9.47 Å². The van der Waals surface area contributed by atoms with Gasteiger partial charge in [-0.25, -0.2) is 0 Å². The summed E-state index contributed by atoms with van der Waals surface area (Å²) < 4.78 is 12.1. The fraction of sp³-hybridized carbons (Fsp3) is 0.368. The molecule has 0 radical (unpaired) electrons. The van der Waals surface area contributed by atoms with Gasteiger partial charge in [-0.1, -0.05) is 31.8 Å². The van der Waals surface area contributed by atoms with E-state index in [-0.39, 0.29) is 0 Å². The zero-order valence-electron chi connectivity index (χ0n) is 15.8. The number of nitrogens with one attached hydrogen (secondary N) is 1. The summed E-state index contributed by atoms with van der Waals surface area (Å²) in [5.41, 5.74) is 5.56. The van der Waals surface area contributed by atoms with E-state index in [1.165, 1.54) is 0 Å². The number of hydrogen-bond acceptors (Lipinski definition) is 5. The summed E-state index contributed by atoms with van der Waals surface area (Å²) in [5.74, 6) is 0.757. The van der Waals surface area contributed by atoms with E-state index in [0.29, 0.717) is 6.73 Å². The highest BCUT2D eigenvalue weighted by atomic mass is 79.9. The van der Waals surface area contributed by atoms with Gasteiger partial charge < -0.3 is 9.47 Å². The van der Waals surface area contributed by atoms with Crippen LogP contribution in [0.2, 0.25) is 25.7 Å². The van der Waals surface area contributed by atoms with Gasteiger partial charge in [0.15, 0.2) is 0 Å². The monoisotopic (exact) mass is 435 g/mol. The van der Waals surface area contributed by atoms with Crippen molar-refractivity contribution in [3.8, 4) is 5.75 Å². The van der Waals surface area contributed by atoms with Gasteiger partial charge in [-0.2, -0.15) is 5.10 Å². The Balaban J connectivity index is 2.16. The lowest BCUT2D eigenvalue weighted by Crippen LogP contribution is -2.23. The Morgan fingerprint density at radius 1 is 1.23 bits per heavy atom. The number of ether oxygens (including phenoxy) is 2. The molecule has 0 unspecified atom stereocenters. The minimum Gasteiger partial charge on any atom is -0.496 e. The van der Waals surface area contributed by atoms with E-state index in [0.717, 1.165) is 39.7 Å². The zero-order valence-corrected chi connectivity index (χ0v) is 18.3. The molecule has 1 N–H and O–H groups in total. The van der Waals surface area contributed by atoms with Crippen molar-refractivity contribution in [3.63, 3.8) is 0 Å². The van der Waals surface area contributed by atoms with Gasteiger partial charge in [-0.3, -0.25) is 10.4 Å². The number of hydrazone groups is 1. The van der Waals surface area contributed by atoms with Crippen LogP contribution in [0.15, 0.2) is 52.3 Å². The topological polar surface area (TPSA) is 55.7 Å². The van der Waals surface area contributed by atoms with E-state index in [4.69, 9.17) is 9.47 Å². The van der Waals surface area contributed by atoms with Gasteiger partial charge in [-0.05, 0) is 40.2 Å². The van der Waals surface area contributed by atoms with Crippen molar-refractivity contribution >= 4 is 29.7 Å². The van der Waals surface area contributed by atoms with Crippen LogP contribution in [-0.2, 0) is 4.74 Å². The van der Waals surface area contributed by atoms with Crippen molar-refractivity contribution in [2.45, 2.75) is 25.7 Å². The predicted molar refractivity (Wildman–Crippen MR) is 113 cm³/mol. The molecule has 26 heavy (non-hydrogen) atoms. The van der Waals surface area contributed by atoms with Crippen LogP contribution in [0.3, 0.4) is 0 Å². The first-order valence-electron chi connectivity index (χ1n) is 8.53. The Hall–Kier alpha value is -1.70. The van der Waals surface area contributed by atoms with E-state index >= 15 is 0 Å². The maximum absolute atomic E-state index is 5.67. The lowest BCUT2D eigenvalue weighted by atomic mass is 10.0. The highest BCUT2D eigenvalue weighted by molar-refractivity contribution is 9.10. The Kier molecular flexibility index (Phi) is 7.80. The van der Waals surface area contributed by atoms with Gasteiger partial charge in [0, 0.05) is 42.7 Å². The van der Waals surface area contributed by atoms with Crippen LogP contribution in [0.4, 0.5) is 0 Å². The number of rotatable bonds is 9. The maximum atomic E-state index is 5.67. The van der Waals surface area contributed by atoms with Crippen molar-refractivity contribution in [2.75, 3.05) is 20.4 Å². The van der Waals surface area contributed by atoms with Crippen LogP contribution in [0, 0.1) is 0 Å². The average molecular weight is 436 g/mol. The summed E-state index contributed by atoms with van der Waals surface area (Å²) in [6.07, 6.45) is 3.53. The second-order valence-corrected chi connectivity index (χ2v) is 13.6. The molecule has 0 aliphatic heterocycles. The molecule has 0 aliphatic rings. The van der Waals surface area contributed by atoms with E-state index in [1.54, 1.807) is 19.5 Å². The van der Waals surface area contributed by atoms with E-state index < -0.39 is 8.07 Å². The molecule has 140 valence electrons. The van der Waals surface area contributed by atoms with E-state index in [2.05, 4.69) is 51.1 Å². The molecule has 5 nitrogen and oxygen atoms in total. The summed E-state index contributed by atoms with van der Waals surface area (Å²) in [6, 6.07) is 10.9.